The van der Waals surface area contributed by atoms with Gasteiger partial charge in [0.1, 0.15) is 0 Å². The molecule has 2 nitrogen and oxygen atoms in total. The van der Waals surface area contributed by atoms with Gasteiger partial charge in [-0.3, -0.25) is 4.79 Å². The first-order chi connectivity index (χ1) is 14.2. The van der Waals surface area contributed by atoms with Crippen LogP contribution < -0.4 is 0 Å². The number of fused-ring (bicyclic) bond motifs is 5. The smallest absolute Gasteiger partial charge is 0.222 e. The van der Waals surface area contributed by atoms with E-state index in [-0.39, 0.29) is 0 Å². The molecule has 0 aromatic heterocycles. The summed E-state index contributed by atoms with van der Waals surface area (Å²) in [5.41, 5.74) is 3.75. The molecule has 0 N–H and O–H groups in total. The molecule has 1 aromatic carbocycles. The average molecular weight is 408 g/mol. The van der Waals surface area contributed by atoms with Gasteiger partial charge in [-0.15, -0.1) is 0 Å². The Bertz CT molecular complexity index is 814. The highest BCUT2D eigenvalue weighted by Crippen LogP contribution is 2.67. The maximum Gasteiger partial charge on any atom is 0.222 e. The largest absolute Gasteiger partial charge is 0.342 e. The van der Waals surface area contributed by atoms with Gasteiger partial charge in [-0.05, 0) is 97.9 Å². The summed E-state index contributed by atoms with van der Waals surface area (Å²) in [5.74, 6) is 4.50. The molecule has 1 unspecified atom stereocenters. The molecule has 164 valence electrons. The monoisotopic (exact) mass is 407 g/mol. The molecule has 5 rings (SSSR count). The van der Waals surface area contributed by atoms with Crippen molar-refractivity contribution in [1.82, 2.24) is 4.90 Å². The quantitative estimate of drug-likeness (QED) is 0.566. The number of hydrogen-bond donors (Lipinski definition) is 0. The Labute approximate surface area is 183 Å². The number of likely N-dealkylation sites (tertiary alicyclic amines) is 1. The summed E-state index contributed by atoms with van der Waals surface area (Å²) in [7, 11) is 2.08. The van der Waals surface area contributed by atoms with Crippen LogP contribution in [0, 0.1) is 47.3 Å². The number of rotatable bonds is 2. The minimum Gasteiger partial charge on any atom is -0.342 e. The van der Waals surface area contributed by atoms with Crippen molar-refractivity contribution in [3.63, 3.8) is 0 Å². The van der Waals surface area contributed by atoms with Crippen LogP contribution in [-0.2, 0) is 11.2 Å². The van der Waals surface area contributed by atoms with Gasteiger partial charge in [0.15, 0.2) is 0 Å². The molecule has 4 aliphatic rings. The highest BCUT2D eigenvalue weighted by molar-refractivity contribution is 5.77. The van der Waals surface area contributed by atoms with Crippen molar-refractivity contribution in [1.29, 1.82) is 0 Å². The molecule has 0 bridgehead atoms. The molecule has 0 spiro atoms. The highest BCUT2D eigenvalue weighted by Gasteiger charge is 2.61. The molecule has 1 heterocycles. The van der Waals surface area contributed by atoms with E-state index in [1.165, 1.54) is 49.7 Å². The van der Waals surface area contributed by atoms with Crippen molar-refractivity contribution in [3.05, 3.63) is 35.4 Å². The Morgan fingerprint density at radius 3 is 2.53 bits per heavy atom. The lowest BCUT2D eigenvalue weighted by atomic mass is 9.45. The van der Waals surface area contributed by atoms with E-state index in [9.17, 15) is 4.79 Å². The maximum atomic E-state index is 12.5. The Balaban J connectivity index is 1.39. The minimum atomic E-state index is 0.330. The third-order valence-corrected chi connectivity index (χ3v) is 10.4. The molecule has 8 atom stereocenters. The molecule has 1 aliphatic heterocycles. The van der Waals surface area contributed by atoms with Crippen LogP contribution in [0.5, 0.6) is 0 Å². The third kappa shape index (κ3) is 3.07. The van der Waals surface area contributed by atoms with Crippen molar-refractivity contribution in [2.45, 2.75) is 85.1 Å². The molecule has 3 aliphatic carbocycles. The molecular formula is C28H41NO. The first-order valence-corrected chi connectivity index (χ1v) is 12.5. The van der Waals surface area contributed by atoms with Crippen molar-refractivity contribution in [2.24, 2.45) is 40.4 Å². The zero-order valence-electron chi connectivity index (χ0n) is 19.8. The van der Waals surface area contributed by atoms with E-state index in [0.29, 0.717) is 22.8 Å². The molecule has 1 aromatic rings. The van der Waals surface area contributed by atoms with Gasteiger partial charge in [-0.25, -0.2) is 0 Å². The third-order valence-electron chi connectivity index (χ3n) is 10.4. The summed E-state index contributed by atoms with van der Waals surface area (Å²) in [6.07, 6.45) is 9.98. The van der Waals surface area contributed by atoms with E-state index in [2.05, 4.69) is 63.9 Å². The fourth-order valence-corrected chi connectivity index (χ4v) is 8.89. The first kappa shape index (κ1) is 20.6. The minimum absolute atomic E-state index is 0.330. The molecule has 30 heavy (non-hydrogen) atoms. The molecule has 3 saturated carbocycles. The first-order valence-electron chi connectivity index (χ1n) is 12.5. The summed E-state index contributed by atoms with van der Waals surface area (Å²) in [4.78, 5) is 14.6. The van der Waals surface area contributed by atoms with Crippen LogP contribution in [0.15, 0.2) is 24.3 Å². The van der Waals surface area contributed by atoms with Crippen LogP contribution in [-0.4, -0.2) is 23.9 Å². The molecule has 2 heteroatoms. The van der Waals surface area contributed by atoms with E-state index in [4.69, 9.17) is 0 Å². The summed E-state index contributed by atoms with van der Waals surface area (Å²) in [5, 5.41) is 0. The fraction of sp³-hybridized carbons (Fsp3) is 0.750. The lowest BCUT2D eigenvalue weighted by molar-refractivity contribution is -0.164. The normalized spacial score (nSPS) is 45.6. The fourth-order valence-electron chi connectivity index (χ4n) is 8.89. The van der Waals surface area contributed by atoms with Gasteiger partial charge < -0.3 is 4.90 Å². The van der Waals surface area contributed by atoms with Crippen LogP contribution in [0.4, 0.5) is 0 Å². The van der Waals surface area contributed by atoms with Gasteiger partial charge in [-0.1, -0.05) is 50.6 Å². The second-order valence-electron chi connectivity index (χ2n) is 12.2. The summed E-state index contributed by atoms with van der Waals surface area (Å²) in [6.45, 7) is 9.87. The molecule has 1 saturated heterocycles. The van der Waals surface area contributed by atoms with Crippen molar-refractivity contribution in [3.8, 4) is 0 Å². The van der Waals surface area contributed by atoms with Gasteiger partial charge in [0.2, 0.25) is 5.91 Å². The summed E-state index contributed by atoms with van der Waals surface area (Å²) in [6, 6.07) is 9.72. The van der Waals surface area contributed by atoms with Crippen LogP contribution in [0.1, 0.15) is 76.8 Å². The molecule has 4 fully saturated rings. The van der Waals surface area contributed by atoms with Gasteiger partial charge >= 0.3 is 0 Å². The Morgan fingerprint density at radius 1 is 1.07 bits per heavy atom. The van der Waals surface area contributed by atoms with Gasteiger partial charge in [0.25, 0.3) is 0 Å². The van der Waals surface area contributed by atoms with Gasteiger partial charge in [0.05, 0.1) is 0 Å². The van der Waals surface area contributed by atoms with Crippen LogP contribution in [0.2, 0.25) is 0 Å². The van der Waals surface area contributed by atoms with Crippen molar-refractivity contribution >= 4 is 5.91 Å². The number of carbonyl (C=O) groups is 1. The molecule has 1 amide bonds. The van der Waals surface area contributed by atoms with Gasteiger partial charge in [-0.2, -0.15) is 0 Å². The van der Waals surface area contributed by atoms with Crippen LogP contribution in [0.3, 0.4) is 0 Å². The SMILES string of the molecule is Cc1ccc(CC2C[C@H]3[C@@H]4[C@@H](C)C[C@H]5N(C)C(=O)CC[C@]5(C)[C@H]4CC[C@]3(C)C2)cc1. The average Bonchev–Trinajstić information content (AvgIpc) is 3.04. The van der Waals surface area contributed by atoms with E-state index < -0.39 is 0 Å². The summed E-state index contributed by atoms with van der Waals surface area (Å²) >= 11 is 0. The predicted molar refractivity (Wildman–Crippen MR) is 123 cm³/mol. The lowest BCUT2D eigenvalue weighted by Gasteiger charge is -2.63. The maximum absolute atomic E-state index is 12.5. The van der Waals surface area contributed by atoms with Crippen LogP contribution >= 0.6 is 0 Å². The Hall–Kier alpha value is -1.31. The summed E-state index contributed by atoms with van der Waals surface area (Å²) < 4.78 is 0. The number of hydrogen-bond acceptors (Lipinski definition) is 1. The van der Waals surface area contributed by atoms with Gasteiger partial charge in [0, 0.05) is 19.5 Å². The van der Waals surface area contributed by atoms with E-state index >= 15 is 0 Å². The molecule has 0 radical (unpaired) electrons. The molecular weight excluding hydrogens is 366 g/mol. The zero-order valence-corrected chi connectivity index (χ0v) is 19.8. The Morgan fingerprint density at radius 2 is 1.80 bits per heavy atom. The highest BCUT2D eigenvalue weighted by atomic mass is 16.2. The number of aryl methyl sites for hydroxylation is 1. The van der Waals surface area contributed by atoms with E-state index in [0.717, 1.165) is 42.4 Å². The Kier molecular flexibility index (Phi) is 4.88. The second-order valence-corrected chi connectivity index (χ2v) is 12.2. The standard InChI is InChI=1S/C28H41NO/c1-18-6-8-20(9-7-18)15-21-16-23-26-19(2)14-24-28(4,13-11-25(30)29(24)5)22(26)10-12-27(23,3)17-21/h6-9,19,21-24,26H,10-17H2,1-5H3/t19-,21?,22-,23-,24+,26+,27+,28+/m0/s1. The number of carbonyl (C=O) groups excluding carboxylic acids is 1. The van der Waals surface area contributed by atoms with E-state index in [1.807, 2.05) is 0 Å². The predicted octanol–water partition coefficient (Wildman–Crippen LogP) is 6.26. The number of piperidine rings is 1. The lowest BCUT2D eigenvalue weighted by Crippen LogP contribution is -2.62. The topological polar surface area (TPSA) is 20.3 Å². The zero-order chi connectivity index (χ0) is 21.3. The van der Waals surface area contributed by atoms with Crippen molar-refractivity contribution < 1.29 is 4.79 Å². The number of benzene rings is 1. The van der Waals surface area contributed by atoms with Crippen LogP contribution in [0.25, 0.3) is 0 Å². The number of amides is 1. The second kappa shape index (κ2) is 7.10. The van der Waals surface area contributed by atoms with E-state index in [1.54, 1.807) is 0 Å². The van der Waals surface area contributed by atoms with Crippen molar-refractivity contribution in [2.75, 3.05) is 7.05 Å². The number of nitrogens with zero attached hydrogens (tertiary/aromatic N) is 1.